The van der Waals surface area contributed by atoms with Gasteiger partial charge in [0.25, 0.3) is 0 Å². The predicted molar refractivity (Wildman–Crippen MR) is 92.8 cm³/mol. The molecule has 0 amide bonds. The lowest BCUT2D eigenvalue weighted by Crippen LogP contribution is -2.29. The molecule has 1 aromatic rings. The van der Waals surface area contributed by atoms with E-state index in [1.165, 1.54) is 37.1 Å². The van der Waals surface area contributed by atoms with Gasteiger partial charge in [-0.1, -0.05) is 6.07 Å². The van der Waals surface area contributed by atoms with Crippen LogP contribution in [0.3, 0.4) is 0 Å². The Morgan fingerprint density at radius 1 is 1.09 bits per heavy atom. The molecule has 23 heavy (non-hydrogen) atoms. The van der Waals surface area contributed by atoms with Gasteiger partial charge in [-0.25, -0.2) is 0 Å². The van der Waals surface area contributed by atoms with Gasteiger partial charge in [-0.3, -0.25) is 9.80 Å². The molecule has 1 atom stereocenters. The smallest absolute Gasteiger partial charge is 0.123 e. The third-order valence-corrected chi connectivity index (χ3v) is 4.88. The molecule has 0 unspecified atom stereocenters. The Hall–Kier alpha value is -1.10. The average Bonchev–Trinajstić information content (AvgIpc) is 2.96. The summed E-state index contributed by atoms with van der Waals surface area (Å²) in [6.45, 7) is 9.65. The second kappa shape index (κ2) is 8.13. The monoisotopic (exact) mass is 318 g/mol. The first-order valence-electron chi connectivity index (χ1n) is 8.96. The molecule has 2 aliphatic heterocycles. The summed E-state index contributed by atoms with van der Waals surface area (Å²) in [5.74, 6) is 1.02. The van der Waals surface area contributed by atoms with E-state index >= 15 is 0 Å². The SMILES string of the molecule is COc1ccc(CN2CCCO[C@@H](C)C2)cc1CN1CCCC1. The zero-order valence-electron chi connectivity index (χ0n) is 14.6. The number of hydrogen-bond donors (Lipinski definition) is 0. The fourth-order valence-corrected chi connectivity index (χ4v) is 3.72. The number of benzene rings is 1. The van der Waals surface area contributed by atoms with Crippen LogP contribution in [0.1, 0.15) is 37.3 Å². The summed E-state index contributed by atoms with van der Waals surface area (Å²) >= 11 is 0. The van der Waals surface area contributed by atoms with E-state index in [9.17, 15) is 0 Å². The molecular weight excluding hydrogens is 288 g/mol. The zero-order chi connectivity index (χ0) is 16.1. The summed E-state index contributed by atoms with van der Waals surface area (Å²) in [5.41, 5.74) is 2.71. The van der Waals surface area contributed by atoms with Gasteiger partial charge in [0, 0.05) is 38.3 Å². The van der Waals surface area contributed by atoms with Crippen LogP contribution in [0.25, 0.3) is 0 Å². The molecule has 0 saturated carbocycles. The van der Waals surface area contributed by atoms with Crippen LogP contribution in [-0.4, -0.2) is 55.8 Å². The average molecular weight is 318 g/mol. The molecule has 2 saturated heterocycles. The minimum absolute atomic E-state index is 0.333. The van der Waals surface area contributed by atoms with Gasteiger partial charge < -0.3 is 9.47 Å². The molecule has 1 aromatic carbocycles. The van der Waals surface area contributed by atoms with Gasteiger partial charge >= 0.3 is 0 Å². The van der Waals surface area contributed by atoms with Crippen molar-refractivity contribution in [2.24, 2.45) is 0 Å². The van der Waals surface area contributed by atoms with Crippen molar-refractivity contribution in [3.8, 4) is 5.75 Å². The molecule has 4 heteroatoms. The Balaban J connectivity index is 1.68. The number of rotatable bonds is 5. The predicted octanol–water partition coefficient (Wildman–Crippen LogP) is 2.90. The van der Waals surface area contributed by atoms with Crippen LogP contribution < -0.4 is 4.74 Å². The molecule has 0 aromatic heterocycles. The Kier molecular flexibility index (Phi) is 5.92. The van der Waals surface area contributed by atoms with E-state index < -0.39 is 0 Å². The van der Waals surface area contributed by atoms with Gasteiger partial charge in [0.05, 0.1) is 13.2 Å². The highest BCUT2D eigenvalue weighted by Crippen LogP contribution is 2.24. The van der Waals surface area contributed by atoms with Crippen molar-refractivity contribution in [2.75, 3.05) is 39.9 Å². The van der Waals surface area contributed by atoms with Crippen molar-refractivity contribution < 1.29 is 9.47 Å². The molecule has 0 aliphatic carbocycles. The van der Waals surface area contributed by atoms with Crippen molar-refractivity contribution in [3.05, 3.63) is 29.3 Å². The van der Waals surface area contributed by atoms with Crippen LogP contribution in [0.15, 0.2) is 18.2 Å². The quantitative estimate of drug-likeness (QED) is 0.833. The molecule has 0 bridgehead atoms. The Morgan fingerprint density at radius 2 is 1.87 bits per heavy atom. The maximum absolute atomic E-state index is 5.75. The fraction of sp³-hybridized carbons (Fsp3) is 0.684. The summed E-state index contributed by atoms with van der Waals surface area (Å²) in [4.78, 5) is 5.04. The molecule has 2 heterocycles. The molecule has 0 N–H and O–H groups in total. The van der Waals surface area contributed by atoms with Crippen LogP contribution in [0.2, 0.25) is 0 Å². The number of likely N-dealkylation sites (tertiary alicyclic amines) is 1. The number of nitrogens with zero attached hydrogens (tertiary/aromatic N) is 2. The molecule has 4 nitrogen and oxygen atoms in total. The van der Waals surface area contributed by atoms with Gasteiger partial charge in [0.1, 0.15) is 5.75 Å². The Labute approximate surface area is 140 Å². The second-order valence-electron chi connectivity index (χ2n) is 6.90. The molecule has 2 fully saturated rings. The van der Waals surface area contributed by atoms with Crippen molar-refractivity contribution in [3.63, 3.8) is 0 Å². The van der Waals surface area contributed by atoms with Crippen LogP contribution in [0.4, 0.5) is 0 Å². The molecular formula is C19H30N2O2. The lowest BCUT2D eigenvalue weighted by atomic mass is 10.1. The van der Waals surface area contributed by atoms with E-state index in [1.54, 1.807) is 7.11 Å². The van der Waals surface area contributed by atoms with E-state index in [4.69, 9.17) is 9.47 Å². The number of ether oxygens (including phenoxy) is 2. The summed E-state index contributed by atoms with van der Waals surface area (Å²) in [5, 5.41) is 0. The Bertz CT molecular complexity index is 500. The van der Waals surface area contributed by atoms with E-state index in [0.29, 0.717) is 6.10 Å². The van der Waals surface area contributed by atoms with E-state index in [-0.39, 0.29) is 0 Å². The van der Waals surface area contributed by atoms with Gasteiger partial charge in [0.15, 0.2) is 0 Å². The summed E-state index contributed by atoms with van der Waals surface area (Å²) < 4.78 is 11.3. The normalized spacial score (nSPS) is 23.8. The van der Waals surface area contributed by atoms with Crippen LogP contribution in [-0.2, 0) is 17.8 Å². The van der Waals surface area contributed by atoms with Gasteiger partial charge in [-0.15, -0.1) is 0 Å². The number of hydrogen-bond acceptors (Lipinski definition) is 4. The van der Waals surface area contributed by atoms with Crippen LogP contribution >= 0.6 is 0 Å². The molecule has 128 valence electrons. The minimum Gasteiger partial charge on any atom is -0.496 e. The third-order valence-electron chi connectivity index (χ3n) is 4.88. The maximum atomic E-state index is 5.75. The second-order valence-corrected chi connectivity index (χ2v) is 6.90. The molecule has 0 radical (unpaired) electrons. The first kappa shape index (κ1) is 16.7. The van der Waals surface area contributed by atoms with E-state index in [2.05, 4.69) is 34.9 Å². The van der Waals surface area contributed by atoms with E-state index in [1.807, 2.05) is 0 Å². The van der Waals surface area contributed by atoms with Gasteiger partial charge in [-0.2, -0.15) is 0 Å². The van der Waals surface area contributed by atoms with Crippen molar-refractivity contribution in [1.82, 2.24) is 9.80 Å². The third kappa shape index (κ3) is 4.69. The maximum Gasteiger partial charge on any atom is 0.123 e. The van der Waals surface area contributed by atoms with Crippen LogP contribution in [0.5, 0.6) is 5.75 Å². The first-order chi connectivity index (χ1) is 11.2. The van der Waals surface area contributed by atoms with Crippen molar-refractivity contribution >= 4 is 0 Å². The number of methoxy groups -OCH3 is 1. The highest BCUT2D eigenvalue weighted by Gasteiger charge is 2.17. The highest BCUT2D eigenvalue weighted by molar-refractivity contribution is 5.37. The van der Waals surface area contributed by atoms with E-state index in [0.717, 1.165) is 45.0 Å². The summed E-state index contributed by atoms with van der Waals surface area (Å²) in [6, 6.07) is 6.69. The summed E-state index contributed by atoms with van der Waals surface area (Å²) in [7, 11) is 1.77. The van der Waals surface area contributed by atoms with Crippen LogP contribution in [0, 0.1) is 0 Å². The molecule has 3 rings (SSSR count). The fourth-order valence-electron chi connectivity index (χ4n) is 3.72. The lowest BCUT2D eigenvalue weighted by Gasteiger charge is -2.23. The topological polar surface area (TPSA) is 24.9 Å². The standard InChI is InChI=1S/C19H30N2O2/c1-16-13-21(10-5-11-23-16)14-17-6-7-19(22-2)18(12-17)15-20-8-3-4-9-20/h6-7,12,16H,3-5,8-11,13-15H2,1-2H3/t16-/m0/s1. The summed E-state index contributed by atoms with van der Waals surface area (Å²) in [6.07, 6.45) is 4.11. The zero-order valence-corrected chi connectivity index (χ0v) is 14.6. The minimum atomic E-state index is 0.333. The molecule has 0 spiro atoms. The van der Waals surface area contributed by atoms with Crippen molar-refractivity contribution in [1.29, 1.82) is 0 Å². The lowest BCUT2D eigenvalue weighted by molar-refractivity contribution is 0.0668. The molecule has 2 aliphatic rings. The Morgan fingerprint density at radius 3 is 2.65 bits per heavy atom. The van der Waals surface area contributed by atoms with Crippen molar-refractivity contribution in [2.45, 2.75) is 45.4 Å². The highest BCUT2D eigenvalue weighted by atomic mass is 16.5. The van der Waals surface area contributed by atoms with Gasteiger partial charge in [-0.05, 0) is 57.0 Å². The first-order valence-corrected chi connectivity index (χ1v) is 8.96. The van der Waals surface area contributed by atoms with Gasteiger partial charge in [0.2, 0.25) is 0 Å². The largest absolute Gasteiger partial charge is 0.496 e.